The monoisotopic (exact) mass is 336 g/mol. The second-order valence-electron chi connectivity index (χ2n) is 5.99. The summed E-state index contributed by atoms with van der Waals surface area (Å²) in [6.45, 7) is 3.69. The number of rotatable bonds is 7. The highest BCUT2D eigenvalue weighted by molar-refractivity contribution is 5.88. The number of ether oxygens (including phenoxy) is 3. The number of carbonyl (C=O) groups is 1. The van der Waals surface area contributed by atoms with Gasteiger partial charge in [-0.15, -0.1) is 0 Å². The van der Waals surface area contributed by atoms with E-state index < -0.39 is 5.97 Å². The Labute approximate surface area is 141 Å². The van der Waals surface area contributed by atoms with Gasteiger partial charge in [-0.25, -0.2) is 9.78 Å². The van der Waals surface area contributed by atoms with E-state index in [4.69, 9.17) is 14.2 Å². The van der Waals surface area contributed by atoms with Crippen LogP contribution in [0, 0.1) is 0 Å². The summed E-state index contributed by atoms with van der Waals surface area (Å²) in [4.78, 5) is 23.3. The summed E-state index contributed by atoms with van der Waals surface area (Å²) in [6, 6.07) is 1.87. The molecule has 2 saturated heterocycles. The summed E-state index contributed by atoms with van der Waals surface area (Å²) in [5.41, 5.74) is 0.268. The Bertz CT molecular complexity index is 559. The molecule has 0 radical (unpaired) electrons. The third kappa shape index (κ3) is 4.33. The second kappa shape index (κ2) is 8.25. The summed E-state index contributed by atoms with van der Waals surface area (Å²) in [5.74, 6) is 0.761. The van der Waals surface area contributed by atoms with Crippen LogP contribution in [-0.2, 0) is 14.2 Å². The summed E-state index contributed by atoms with van der Waals surface area (Å²) in [5, 5.41) is 3.29. The average molecular weight is 336 g/mol. The molecule has 2 aliphatic heterocycles. The van der Waals surface area contributed by atoms with E-state index >= 15 is 0 Å². The minimum absolute atomic E-state index is 0.206. The van der Waals surface area contributed by atoms with Crippen LogP contribution >= 0.6 is 0 Å². The molecule has 0 saturated carbocycles. The van der Waals surface area contributed by atoms with Crippen molar-refractivity contribution in [3.05, 3.63) is 11.8 Å². The maximum Gasteiger partial charge on any atom is 0.357 e. The van der Waals surface area contributed by atoms with E-state index in [1.807, 2.05) is 0 Å². The van der Waals surface area contributed by atoms with E-state index in [2.05, 4.69) is 20.2 Å². The van der Waals surface area contributed by atoms with Crippen molar-refractivity contribution in [1.29, 1.82) is 0 Å². The molecular weight excluding hydrogens is 312 g/mol. The van der Waals surface area contributed by atoms with Crippen molar-refractivity contribution in [2.45, 2.75) is 25.3 Å². The van der Waals surface area contributed by atoms with Crippen LogP contribution in [0.4, 0.5) is 11.8 Å². The quantitative estimate of drug-likeness (QED) is 0.585. The molecule has 0 aliphatic carbocycles. The van der Waals surface area contributed by atoms with Gasteiger partial charge in [-0.3, -0.25) is 0 Å². The first-order chi connectivity index (χ1) is 11.8. The Balaban J connectivity index is 1.76. The van der Waals surface area contributed by atoms with Gasteiger partial charge in [-0.2, -0.15) is 4.98 Å². The predicted molar refractivity (Wildman–Crippen MR) is 88.5 cm³/mol. The first-order valence-electron chi connectivity index (χ1n) is 8.40. The van der Waals surface area contributed by atoms with Crippen LogP contribution in [0.3, 0.4) is 0 Å². The lowest BCUT2D eigenvalue weighted by Gasteiger charge is -2.29. The molecule has 0 spiro atoms. The second-order valence-corrected chi connectivity index (χ2v) is 5.99. The first kappa shape index (κ1) is 16.9. The van der Waals surface area contributed by atoms with Crippen molar-refractivity contribution in [1.82, 2.24) is 9.97 Å². The molecule has 3 heterocycles. The minimum atomic E-state index is -0.458. The van der Waals surface area contributed by atoms with Crippen molar-refractivity contribution >= 4 is 17.7 Å². The van der Waals surface area contributed by atoms with Gasteiger partial charge in [0.05, 0.1) is 25.9 Å². The van der Waals surface area contributed by atoms with E-state index in [9.17, 15) is 4.79 Å². The third-order valence-corrected chi connectivity index (χ3v) is 4.07. The Hall–Kier alpha value is -1.93. The number of carbonyl (C=O) groups excluding carboxylic acids is 1. The maximum atomic E-state index is 12.2. The zero-order chi connectivity index (χ0) is 16.8. The van der Waals surface area contributed by atoms with Crippen molar-refractivity contribution in [2.24, 2.45) is 0 Å². The van der Waals surface area contributed by atoms with E-state index in [1.54, 1.807) is 13.2 Å². The van der Waals surface area contributed by atoms with Crippen molar-refractivity contribution in [2.75, 3.05) is 56.8 Å². The van der Waals surface area contributed by atoms with Gasteiger partial charge in [0.2, 0.25) is 5.95 Å². The van der Waals surface area contributed by atoms with Gasteiger partial charge in [-0.1, -0.05) is 0 Å². The average Bonchev–Trinajstić information content (AvgIpc) is 2.59. The van der Waals surface area contributed by atoms with Crippen molar-refractivity contribution < 1.29 is 19.0 Å². The number of piperidine rings is 1. The standard InChI is InChI=1S/C16H24N4O4/c1-22-7-8-24-15(21)13-9-14(17-12-10-23-11-12)19-16(18-13)20-5-3-2-4-6-20/h9,12H,2-8,10-11H2,1H3,(H,17,18,19). The van der Waals surface area contributed by atoms with Crippen LogP contribution in [0.2, 0.25) is 0 Å². The molecule has 0 amide bonds. The Morgan fingerprint density at radius 3 is 2.75 bits per heavy atom. The number of hydrogen-bond acceptors (Lipinski definition) is 8. The molecule has 132 valence electrons. The van der Waals surface area contributed by atoms with E-state index in [-0.39, 0.29) is 18.3 Å². The SMILES string of the molecule is COCCOC(=O)c1cc(NC2COC2)nc(N2CCCCC2)n1. The highest BCUT2D eigenvalue weighted by atomic mass is 16.6. The van der Waals surface area contributed by atoms with Crippen LogP contribution in [0.5, 0.6) is 0 Å². The maximum absolute atomic E-state index is 12.2. The van der Waals surface area contributed by atoms with Crippen LogP contribution in [-0.4, -0.2) is 68.6 Å². The van der Waals surface area contributed by atoms with Crippen LogP contribution in [0.25, 0.3) is 0 Å². The number of anilines is 2. The summed E-state index contributed by atoms with van der Waals surface area (Å²) < 4.78 is 15.3. The normalized spacial score (nSPS) is 18.1. The Morgan fingerprint density at radius 2 is 2.08 bits per heavy atom. The molecular formula is C16H24N4O4. The topological polar surface area (TPSA) is 85.8 Å². The zero-order valence-electron chi connectivity index (χ0n) is 14.0. The fourth-order valence-corrected chi connectivity index (χ4v) is 2.67. The van der Waals surface area contributed by atoms with Crippen molar-refractivity contribution in [3.8, 4) is 0 Å². The largest absolute Gasteiger partial charge is 0.459 e. The van der Waals surface area contributed by atoms with Crippen LogP contribution in [0.1, 0.15) is 29.8 Å². The number of nitrogens with one attached hydrogen (secondary N) is 1. The highest BCUT2D eigenvalue weighted by Gasteiger charge is 2.22. The van der Waals surface area contributed by atoms with Gasteiger partial charge in [0.1, 0.15) is 12.4 Å². The number of nitrogens with zero attached hydrogens (tertiary/aromatic N) is 3. The molecule has 0 atom stereocenters. The van der Waals surface area contributed by atoms with E-state index in [0.717, 1.165) is 25.9 Å². The fourth-order valence-electron chi connectivity index (χ4n) is 2.67. The Morgan fingerprint density at radius 1 is 1.29 bits per heavy atom. The zero-order valence-corrected chi connectivity index (χ0v) is 14.0. The number of esters is 1. The molecule has 8 heteroatoms. The van der Waals surface area contributed by atoms with Gasteiger partial charge in [-0.05, 0) is 19.3 Å². The first-order valence-corrected chi connectivity index (χ1v) is 8.40. The summed E-state index contributed by atoms with van der Waals surface area (Å²) in [7, 11) is 1.57. The lowest BCUT2D eigenvalue weighted by Crippen LogP contribution is -2.40. The van der Waals surface area contributed by atoms with Crippen LogP contribution in [0.15, 0.2) is 6.07 Å². The van der Waals surface area contributed by atoms with Gasteiger partial charge >= 0.3 is 5.97 Å². The molecule has 3 rings (SSSR count). The minimum Gasteiger partial charge on any atom is -0.459 e. The lowest BCUT2D eigenvalue weighted by molar-refractivity contribution is 0.0209. The van der Waals surface area contributed by atoms with Crippen LogP contribution < -0.4 is 10.2 Å². The molecule has 1 N–H and O–H groups in total. The smallest absolute Gasteiger partial charge is 0.357 e. The molecule has 2 fully saturated rings. The fraction of sp³-hybridized carbons (Fsp3) is 0.688. The third-order valence-electron chi connectivity index (χ3n) is 4.07. The van der Waals surface area contributed by atoms with Gasteiger partial charge < -0.3 is 24.4 Å². The van der Waals surface area contributed by atoms with Gasteiger partial charge in [0.25, 0.3) is 0 Å². The van der Waals surface area contributed by atoms with E-state index in [1.165, 1.54) is 6.42 Å². The highest BCUT2D eigenvalue weighted by Crippen LogP contribution is 2.20. The molecule has 0 unspecified atom stereocenters. The number of methoxy groups -OCH3 is 1. The number of aromatic nitrogens is 2. The van der Waals surface area contributed by atoms with Crippen molar-refractivity contribution in [3.63, 3.8) is 0 Å². The number of hydrogen-bond donors (Lipinski definition) is 1. The molecule has 2 aliphatic rings. The summed E-state index contributed by atoms with van der Waals surface area (Å²) in [6.07, 6.45) is 3.45. The van der Waals surface area contributed by atoms with Gasteiger partial charge in [0, 0.05) is 26.3 Å². The molecule has 0 aromatic carbocycles. The predicted octanol–water partition coefficient (Wildman–Crippen LogP) is 1.08. The molecule has 1 aromatic heterocycles. The summed E-state index contributed by atoms with van der Waals surface area (Å²) >= 11 is 0. The molecule has 1 aromatic rings. The molecule has 0 bridgehead atoms. The van der Waals surface area contributed by atoms with Gasteiger partial charge in [0.15, 0.2) is 5.69 Å². The molecule has 8 nitrogen and oxygen atoms in total. The lowest BCUT2D eigenvalue weighted by atomic mass is 10.1. The van der Waals surface area contributed by atoms with E-state index in [0.29, 0.717) is 31.6 Å². The molecule has 24 heavy (non-hydrogen) atoms. The Kier molecular flexibility index (Phi) is 5.81.